The molecule has 32 heavy (non-hydrogen) atoms. The molecule has 3 rings (SSSR count). The number of hydrogen-bond acceptors (Lipinski definition) is 6. The minimum atomic E-state index is -4.08. The largest absolute Gasteiger partial charge is 0.497 e. The van der Waals surface area contributed by atoms with Crippen LogP contribution < -0.4 is 14.8 Å². The van der Waals surface area contributed by atoms with E-state index in [0.717, 1.165) is 24.3 Å². The topological polar surface area (TPSA) is 111 Å². The molecule has 0 fully saturated rings. The van der Waals surface area contributed by atoms with Gasteiger partial charge in [0.1, 0.15) is 11.6 Å². The number of esters is 1. The maximum atomic E-state index is 13.1. The van der Waals surface area contributed by atoms with Gasteiger partial charge >= 0.3 is 5.97 Å². The highest BCUT2D eigenvalue weighted by molar-refractivity contribution is 7.92. The van der Waals surface area contributed by atoms with Gasteiger partial charge in [-0.05, 0) is 48.5 Å². The summed E-state index contributed by atoms with van der Waals surface area (Å²) in [6.07, 6.45) is 0. The standard InChI is InChI=1S/C22H19FN2O6S/c1-30-17-6-4-5-16(13-17)24-21(26)14-31-22(27)19-7-2-3-8-20(19)25-32(28,29)18-11-9-15(23)10-12-18/h2-13,25H,14H2,1H3,(H,24,26). The normalized spacial score (nSPS) is 10.8. The molecule has 0 spiro atoms. The SMILES string of the molecule is COc1cccc(NC(=O)COC(=O)c2ccccc2NS(=O)(=O)c2ccc(F)cc2)c1. The Morgan fingerprint density at radius 1 is 0.969 bits per heavy atom. The summed E-state index contributed by atoms with van der Waals surface area (Å²) < 4.78 is 50.6. The van der Waals surface area contributed by atoms with Crippen molar-refractivity contribution in [3.63, 3.8) is 0 Å². The summed E-state index contributed by atoms with van der Waals surface area (Å²) in [5.41, 5.74) is 0.320. The number of halogens is 1. The van der Waals surface area contributed by atoms with Crippen molar-refractivity contribution in [3.8, 4) is 5.75 Å². The number of rotatable bonds is 8. The van der Waals surface area contributed by atoms with Crippen LogP contribution in [0.15, 0.2) is 77.7 Å². The lowest BCUT2D eigenvalue weighted by Gasteiger charge is -2.12. The number of nitrogens with one attached hydrogen (secondary N) is 2. The predicted octanol–water partition coefficient (Wildman–Crippen LogP) is 3.43. The molecule has 1 amide bonds. The number of anilines is 2. The average molecular weight is 458 g/mol. The Morgan fingerprint density at radius 2 is 1.69 bits per heavy atom. The lowest BCUT2D eigenvalue weighted by atomic mass is 10.2. The summed E-state index contributed by atoms with van der Waals surface area (Å²) in [4.78, 5) is 24.4. The second-order valence-corrected chi connectivity index (χ2v) is 8.14. The molecule has 0 unspecified atom stereocenters. The molecular formula is C22H19FN2O6S. The first-order valence-corrected chi connectivity index (χ1v) is 10.8. The molecule has 3 aromatic carbocycles. The van der Waals surface area contributed by atoms with E-state index >= 15 is 0 Å². The Bertz CT molecular complexity index is 1230. The van der Waals surface area contributed by atoms with Crippen molar-refractivity contribution in [1.82, 2.24) is 0 Å². The molecule has 0 aliphatic carbocycles. The molecule has 0 aliphatic heterocycles. The summed E-state index contributed by atoms with van der Waals surface area (Å²) in [6.45, 7) is -0.588. The van der Waals surface area contributed by atoms with Gasteiger partial charge in [0.15, 0.2) is 6.61 Å². The van der Waals surface area contributed by atoms with Crippen molar-refractivity contribution in [3.05, 3.63) is 84.2 Å². The molecule has 0 aromatic heterocycles. The average Bonchev–Trinajstić information content (AvgIpc) is 2.78. The molecule has 0 heterocycles. The number of hydrogen-bond donors (Lipinski definition) is 2. The molecule has 0 saturated carbocycles. The maximum absolute atomic E-state index is 13.1. The fourth-order valence-corrected chi connectivity index (χ4v) is 3.75. The number of benzene rings is 3. The third-order valence-corrected chi connectivity index (χ3v) is 5.58. The zero-order valence-electron chi connectivity index (χ0n) is 16.9. The molecule has 0 radical (unpaired) electrons. The molecule has 0 aliphatic rings. The third kappa shape index (κ3) is 5.82. The molecule has 0 atom stereocenters. The number of methoxy groups -OCH3 is 1. The van der Waals surface area contributed by atoms with Crippen LogP contribution in [0.25, 0.3) is 0 Å². The second kappa shape index (κ2) is 9.92. The highest BCUT2D eigenvalue weighted by Gasteiger charge is 2.20. The van der Waals surface area contributed by atoms with E-state index in [2.05, 4.69) is 10.0 Å². The Kier molecular flexibility index (Phi) is 7.06. The van der Waals surface area contributed by atoms with E-state index in [1.165, 1.54) is 31.4 Å². The third-order valence-electron chi connectivity index (χ3n) is 4.20. The van der Waals surface area contributed by atoms with Crippen molar-refractivity contribution < 1.29 is 31.9 Å². The molecule has 10 heteroatoms. The lowest BCUT2D eigenvalue weighted by Crippen LogP contribution is -2.22. The summed E-state index contributed by atoms with van der Waals surface area (Å²) in [6, 6.07) is 16.6. The number of carbonyl (C=O) groups excluding carboxylic acids is 2. The number of amides is 1. The van der Waals surface area contributed by atoms with Gasteiger partial charge in [-0.15, -0.1) is 0 Å². The van der Waals surface area contributed by atoms with Gasteiger partial charge in [-0.3, -0.25) is 9.52 Å². The zero-order chi connectivity index (χ0) is 23.1. The number of para-hydroxylation sites is 1. The number of carbonyl (C=O) groups is 2. The first kappa shape index (κ1) is 22.8. The van der Waals surface area contributed by atoms with Crippen LogP contribution in [0.2, 0.25) is 0 Å². The Hall–Kier alpha value is -3.92. The van der Waals surface area contributed by atoms with E-state index in [1.54, 1.807) is 24.3 Å². The minimum Gasteiger partial charge on any atom is -0.497 e. The van der Waals surface area contributed by atoms with Crippen LogP contribution in [-0.4, -0.2) is 34.0 Å². The van der Waals surface area contributed by atoms with Crippen molar-refractivity contribution in [2.45, 2.75) is 4.90 Å². The molecule has 166 valence electrons. The van der Waals surface area contributed by atoms with Crippen molar-refractivity contribution >= 4 is 33.3 Å². The monoisotopic (exact) mass is 458 g/mol. The maximum Gasteiger partial charge on any atom is 0.340 e. The molecule has 2 N–H and O–H groups in total. The van der Waals surface area contributed by atoms with Gasteiger partial charge in [-0.25, -0.2) is 17.6 Å². The molecular weight excluding hydrogens is 439 g/mol. The fourth-order valence-electron chi connectivity index (χ4n) is 2.67. The second-order valence-electron chi connectivity index (χ2n) is 6.46. The smallest absolute Gasteiger partial charge is 0.340 e. The first-order valence-electron chi connectivity index (χ1n) is 9.27. The van der Waals surface area contributed by atoms with Gasteiger partial charge in [0.25, 0.3) is 15.9 Å². The summed E-state index contributed by atoms with van der Waals surface area (Å²) in [7, 11) is -2.59. The van der Waals surface area contributed by atoms with Crippen molar-refractivity contribution in [1.29, 1.82) is 0 Å². The molecule has 3 aromatic rings. The van der Waals surface area contributed by atoms with E-state index in [1.807, 2.05) is 0 Å². The minimum absolute atomic E-state index is 0.0463. The fraction of sp³-hybridized carbons (Fsp3) is 0.0909. The van der Waals surface area contributed by atoms with Gasteiger partial charge in [-0.2, -0.15) is 0 Å². The van der Waals surface area contributed by atoms with Crippen LogP contribution in [0, 0.1) is 5.82 Å². The quantitative estimate of drug-likeness (QED) is 0.501. The summed E-state index contributed by atoms with van der Waals surface area (Å²) >= 11 is 0. The van der Waals surface area contributed by atoms with Gasteiger partial charge in [-0.1, -0.05) is 18.2 Å². The van der Waals surface area contributed by atoms with E-state index in [0.29, 0.717) is 11.4 Å². The van der Waals surface area contributed by atoms with E-state index in [9.17, 15) is 22.4 Å². The Morgan fingerprint density at radius 3 is 2.41 bits per heavy atom. The van der Waals surface area contributed by atoms with E-state index < -0.39 is 34.3 Å². The van der Waals surface area contributed by atoms with Gasteiger partial charge in [0, 0.05) is 11.8 Å². The van der Waals surface area contributed by atoms with Crippen LogP contribution in [0.1, 0.15) is 10.4 Å². The highest BCUT2D eigenvalue weighted by Crippen LogP contribution is 2.21. The van der Waals surface area contributed by atoms with E-state index in [4.69, 9.17) is 9.47 Å². The van der Waals surface area contributed by atoms with Crippen LogP contribution in [0.5, 0.6) is 5.75 Å². The van der Waals surface area contributed by atoms with Gasteiger partial charge in [0.2, 0.25) is 0 Å². The van der Waals surface area contributed by atoms with Crippen molar-refractivity contribution in [2.24, 2.45) is 0 Å². The van der Waals surface area contributed by atoms with Crippen LogP contribution in [0.4, 0.5) is 15.8 Å². The zero-order valence-corrected chi connectivity index (χ0v) is 17.7. The van der Waals surface area contributed by atoms with Gasteiger partial charge < -0.3 is 14.8 Å². The first-order chi connectivity index (χ1) is 15.3. The Labute approximate surface area is 184 Å². The Balaban J connectivity index is 1.67. The van der Waals surface area contributed by atoms with Crippen molar-refractivity contribution in [2.75, 3.05) is 23.8 Å². The summed E-state index contributed by atoms with van der Waals surface area (Å²) in [5.74, 6) is -1.53. The lowest BCUT2D eigenvalue weighted by molar-refractivity contribution is -0.119. The number of sulfonamides is 1. The molecule has 8 nitrogen and oxygen atoms in total. The van der Waals surface area contributed by atoms with Crippen LogP contribution in [-0.2, 0) is 19.6 Å². The number of ether oxygens (including phenoxy) is 2. The highest BCUT2D eigenvalue weighted by atomic mass is 32.2. The van der Waals surface area contributed by atoms with E-state index in [-0.39, 0.29) is 16.1 Å². The predicted molar refractivity (Wildman–Crippen MR) is 116 cm³/mol. The molecule has 0 bridgehead atoms. The summed E-state index contributed by atoms with van der Waals surface area (Å²) in [5, 5.41) is 2.56. The van der Waals surface area contributed by atoms with Gasteiger partial charge in [0.05, 0.1) is 23.3 Å². The van der Waals surface area contributed by atoms with Crippen LogP contribution >= 0.6 is 0 Å². The van der Waals surface area contributed by atoms with Crippen LogP contribution in [0.3, 0.4) is 0 Å². The molecule has 0 saturated heterocycles.